The van der Waals surface area contributed by atoms with E-state index in [1.165, 1.54) is 12.3 Å². The van der Waals surface area contributed by atoms with Gasteiger partial charge in [-0.25, -0.2) is 18.0 Å². The quantitative estimate of drug-likeness (QED) is 0.397. The lowest BCUT2D eigenvalue weighted by Crippen LogP contribution is -2.59. The molecule has 0 radical (unpaired) electrons. The number of rotatable bonds is 5. The number of amides is 2. The molecule has 2 aliphatic heterocycles. The van der Waals surface area contributed by atoms with Crippen LogP contribution >= 0.6 is 0 Å². The van der Waals surface area contributed by atoms with Crippen LogP contribution < -0.4 is 11.5 Å². The van der Waals surface area contributed by atoms with E-state index in [-0.39, 0.29) is 12.1 Å². The van der Waals surface area contributed by atoms with Crippen molar-refractivity contribution in [2.75, 3.05) is 6.61 Å². The van der Waals surface area contributed by atoms with E-state index in [4.69, 9.17) is 11.5 Å². The number of primary amides is 1. The van der Waals surface area contributed by atoms with Crippen molar-refractivity contribution >= 4 is 33.9 Å². The summed E-state index contributed by atoms with van der Waals surface area (Å²) < 4.78 is 28.7. The van der Waals surface area contributed by atoms with Crippen molar-refractivity contribution in [3.8, 4) is 0 Å². The molecule has 3 atom stereocenters. The second-order valence-corrected chi connectivity index (χ2v) is 9.13. The maximum atomic E-state index is 13.1. The predicted octanol–water partition coefficient (Wildman–Crippen LogP) is -1.17. The third kappa shape index (κ3) is 2.72. The van der Waals surface area contributed by atoms with Crippen LogP contribution in [-0.2, 0) is 30.7 Å². The lowest BCUT2D eigenvalue weighted by atomic mass is 9.94. The lowest BCUT2D eigenvalue weighted by Gasteiger charge is -2.37. The van der Waals surface area contributed by atoms with E-state index in [9.17, 15) is 27.9 Å². The molecule has 12 heteroatoms. The Morgan fingerprint density at radius 2 is 2.14 bits per heavy atom. The predicted molar refractivity (Wildman–Crippen MR) is 95.0 cm³/mol. The van der Waals surface area contributed by atoms with Gasteiger partial charge in [-0.1, -0.05) is 0 Å². The number of aromatic nitrogens is 1. The summed E-state index contributed by atoms with van der Waals surface area (Å²) in [7, 11) is -4.26. The number of carbonyl (C=O) groups is 3. The van der Waals surface area contributed by atoms with Crippen LogP contribution in [0.2, 0.25) is 0 Å². The number of sulfone groups is 1. The molecule has 2 saturated heterocycles. The number of hydrogen-bond acceptors (Lipinski definition) is 8. The van der Waals surface area contributed by atoms with Gasteiger partial charge in [0.05, 0.1) is 11.3 Å². The van der Waals surface area contributed by atoms with Crippen LogP contribution in [0.25, 0.3) is 6.08 Å². The highest BCUT2D eigenvalue weighted by Gasteiger charge is 2.72. The first-order valence-corrected chi connectivity index (χ1v) is 9.67. The van der Waals surface area contributed by atoms with Crippen molar-refractivity contribution in [3.63, 3.8) is 0 Å². The Bertz CT molecular complexity index is 1010. The first-order valence-electron chi connectivity index (χ1n) is 8.12. The normalized spacial score (nSPS) is 29.3. The van der Waals surface area contributed by atoms with Gasteiger partial charge in [0.15, 0.2) is 21.3 Å². The van der Waals surface area contributed by atoms with Crippen LogP contribution in [0.1, 0.15) is 18.2 Å². The molecule has 1 unspecified atom stereocenters. The molecule has 28 heavy (non-hydrogen) atoms. The summed E-state index contributed by atoms with van der Waals surface area (Å²) in [6.07, 6.45) is 1.50. The van der Waals surface area contributed by atoms with Crippen LogP contribution in [0.3, 0.4) is 0 Å². The molecule has 2 fully saturated rings. The molecular formula is C16H18N4O7S. The maximum Gasteiger partial charge on any atom is 0.404 e. The van der Waals surface area contributed by atoms with Gasteiger partial charge >= 0.3 is 12.1 Å². The fourth-order valence-corrected chi connectivity index (χ4v) is 5.75. The minimum absolute atomic E-state index is 0.115. The summed E-state index contributed by atoms with van der Waals surface area (Å²) in [4.78, 5) is 40.1. The summed E-state index contributed by atoms with van der Waals surface area (Å²) >= 11 is 0. The van der Waals surface area contributed by atoms with Crippen LogP contribution in [-0.4, -0.2) is 64.1 Å². The molecule has 2 amide bonds. The van der Waals surface area contributed by atoms with Crippen molar-refractivity contribution in [1.82, 2.24) is 9.88 Å². The molecule has 0 bridgehead atoms. The minimum atomic E-state index is -4.26. The van der Waals surface area contributed by atoms with Gasteiger partial charge in [0, 0.05) is 12.7 Å². The summed E-state index contributed by atoms with van der Waals surface area (Å²) in [6, 6.07) is 1.53. The number of ether oxygens (including phenoxy) is 1. The Kier molecular flexibility index (Phi) is 4.63. The number of hydrogen-bond donors (Lipinski definition) is 3. The van der Waals surface area contributed by atoms with Crippen molar-refractivity contribution < 1.29 is 32.6 Å². The van der Waals surface area contributed by atoms with Crippen molar-refractivity contribution in [1.29, 1.82) is 0 Å². The zero-order chi connectivity index (χ0) is 20.9. The molecule has 0 aromatic carbocycles. The molecule has 0 spiro atoms. The van der Waals surface area contributed by atoms with Crippen LogP contribution in [0.4, 0.5) is 4.79 Å². The van der Waals surface area contributed by atoms with E-state index < -0.39 is 50.6 Å². The van der Waals surface area contributed by atoms with Crippen molar-refractivity contribution in [2.24, 2.45) is 11.5 Å². The first kappa shape index (κ1) is 19.8. The topological polar surface area (TPSA) is 183 Å². The standard InChI is InChI=1S/C16H18N4O7S/c1-16(7-27-15(18)24)11(14(22)23)20-12(21)10(13(20)28(16,25)26)5-9-4-8(6-17)2-3-19-9/h2-5,11,13H,6-7,17H2,1H3,(H2,18,24)(H,22,23)/b10-5-/t11-,13+,16?/m0/s1. The molecule has 5 N–H and O–H groups in total. The van der Waals surface area contributed by atoms with Gasteiger partial charge in [-0.05, 0) is 30.7 Å². The van der Waals surface area contributed by atoms with Gasteiger partial charge in [0.2, 0.25) is 0 Å². The number of carboxylic acids is 1. The maximum absolute atomic E-state index is 13.1. The zero-order valence-electron chi connectivity index (χ0n) is 14.7. The number of β-lactam (4-membered cyclic amide) rings is 1. The van der Waals surface area contributed by atoms with Crippen LogP contribution in [0.15, 0.2) is 23.9 Å². The van der Waals surface area contributed by atoms with Gasteiger partial charge in [-0.15, -0.1) is 0 Å². The average Bonchev–Trinajstić information content (AvgIpc) is 2.80. The molecule has 1 aromatic rings. The molecule has 0 saturated carbocycles. The van der Waals surface area contributed by atoms with Gasteiger partial charge in [0.25, 0.3) is 5.91 Å². The highest BCUT2D eigenvalue weighted by atomic mass is 32.2. The Balaban J connectivity index is 2.06. The highest BCUT2D eigenvalue weighted by Crippen LogP contribution is 2.49. The Hall–Kier alpha value is -2.99. The smallest absolute Gasteiger partial charge is 0.404 e. The highest BCUT2D eigenvalue weighted by molar-refractivity contribution is 7.94. The molecule has 3 heterocycles. The van der Waals surface area contributed by atoms with E-state index in [0.29, 0.717) is 5.69 Å². The zero-order valence-corrected chi connectivity index (χ0v) is 15.5. The number of nitrogens with two attached hydrogens (primary N) is 2. The van der Waals surface area contributed by atoms with Gasteiger partial charge < -0.3 is 26.2 Å². The number of carbonyl (C=O) groups excluding carboxylic acids is 2. The molecule has 150 valence electrons. The minimum Gasteiger partial charge on any atom is -0.480 e. The van der Waals surface area contributed by atoms with E-state index in [0.717, 1.165) is 17.4 Å². The lowest BCUT2D eigenvalue weighted by molar-refractivity contribution is -0.153. The van der Waals surface area contributed by atoms with Gasteiger partial charge in [-0.2, -0.15) is 0 Å². The number of nitrogens with zero attached hydrogens (tertiary/aromatic N) is 2. The average molecular weight is 410 g/mol. The first-order chi connectivity index (χ1) is 13.0. The number of fused-ring (bicyclic) bond motifs is 1. The van der Waals surface area contributed by atoms with Crippen LogP contribution in [0, 0.1) is 0 Å². The Morgan fingerprint density at radius 1 is 1.46 bits per heavy atom. The Morgan fingerprint density at radius 3 is 2.71 bits per heavy atom. The fourth-order valence-electron chi connectivity index (χ4n) is 3.47. The number of aliphatic carboxylic acids is 1. The van der Waals surface area contributed by atoms with E-state index in [1.807, 2.05) is 0 Å². The summed E-state index contributed by atoms with van der Waals surface area (Å²) in [5.74, 6) is -2.28. The fraction of sp³-hybridized carbons (Fsp3) is 0.375. The second kappa shape index (κ2) is 6.56. The molecule has 3 rings (SSSR count). The summed E-state index contributed by atoms with van der Waals surface area (Å²) in [6.45, 7) is 0.542. The third-order valence-corrected chi connectivity index (χ3v) is 7.63. The third-order valence-electron chi connectivity index (χ3n) is 4.92. The monoisotopic (exact) mass is 410 g/mol. The number of pyridine rings is 1. The second-order valence-electron chi connectivity index (χ2n) is 6.66. The molecular weight excluding hydrogens is 392 g/mol. The van der Waals surface area contributed by atoms with Crippen molar-refractivity contribution in [3.05, 3.63) is 35.2 Å². The van der Waals surface area contributed by atoms with Gasteiger partial charge in [-0.3, -0.25) is 9.78 Å². The summed E-state index contributed by atoms with van der Waals surface area (Å²) in [5.41, 5.74) is 11.4. The largest absolute Gasteiger partial charge is 0.480 e. The number of carboxylic acid groups (broad SMARTS) is 1. The summed E-state index contributed by atoms with van der Waals surface area (Å²) in [5, 5.41) is 8.07. The van der Waals surface area contributed by atoms with Crippen molar-refractivity contribution in [2.45, 2.75) is 29.6 Å². The molecule has 0 aliphatic carbocycles. The molecule has 1 aromatic heterocycles. The Labute approximate surface area is 159 Å². The molecule has 11 nitrogen and oxygen atoms in total. The van der Waals surface area contributed by atoms with E-state index >= 15 is 0 Å². The van der Waals surface area contributed by atoms with Gasteiger partial charge in [0.1, 0.15) is 11.4 Å². The molecule has 2 aliphatic rings. The van der Waals surface area contributed by atoms with Crippen LogP contribution in [0.5, 0.6) is 0 Å². The van der Waals surface area contributed by atoms with E-state index in [2.05, 4.69) is 9.72 Å². The van der Waals surface area contributed by atoms with E-state index in [1.54, 1.807) is 12.1 Å². The SMILES string of the molecule is CC1(COC(N)=O)[C@H](C(=O)O)N2C(=O)/C(=C/c3cc(CN)ccn3)[C@H]2S1(=O)=O.